The summed E-state index contributed by atoms with van der Waals surface area (Å²) in [5.41, 5.74) is 6.88. The van der Waals surface area contributed by atoms with E-state index in [1.165, 1.54) is 39.9 Å². The standard InChI is InChI=1S/C22H21N3OS2/c1-12-6-5-7-13(2)19(12)25-14(3)10-16(15(25)4)11-17-20(26)18(21(23)28-17)22-24-8-9-27-22/h5-11,18,23H,1-4H3/b17-11-,23-21?/t18-/m1/s1. The maximum Gasteiger partial charge on any atom is 0.186 e. The SMILES string of the molecule is Cc1cccc(C)c1-n1c(C)cc(/C=C2\SC(=N)[C@H](c3nccs3)C2=O)c1C. The van der Waals surface area contributed by atoms with Crippen LogP contribution < -0.4 is 0 Å². The molecule has 142 valence electrons. The summed E-state index contributed by atoms with van der Waals surface area (Å²) in [4.78, 5) is 17.8. The number of thiazole rings is 1. The minimum Gasteiger partial charge on any atom is -0.317 e. The highest BCUT2D eigenvalue weighted by Crippen LogP contribution is 2.41. The Morgan fingerprint density at radius 3 is 2.54 bits per heavy atom. The lowest BCUT2D eigenvalue weighted by molar-refractivity contribution is -0.114. The van der Waals surface area contributed by atoms with E-state index in [1.807, 2.05) is 11.5 Å². The summed E-state index contributed by atoms with van der Waals surface area (Å²) in [5.74, 6) is -0.569. The summed E-state index contributed by atoms with van der Waals surface area (Å²) in [6.07, 6.45) is 3.62. The van der Waals surface area contributed by atoms with Crippen LogP contribution in [0, 0.1) is 33.1 Å². The molecular weight excluding hydrogens is 386 g/mol. The number of ketones is 1. The molecule has 0 unspecified atom stereocenters. The number of aryl methyl sites for hydroxylation is 3. The molecule has 3 heterocycles. The number of hydrogen-bond acceptors (Lipinski definition) is 5. The highest BCUT2D eigenvalue weighted by molar-refractivity contribution is 8.19. The first kappa shape index (κ1) is 18.9. The van der Waals surface area contributed by atoms with E-state index in [-0.39, 0.29) is 5.78 Å². The molecule has 0 amide bonds. The molecule has 0 saturated carbocycles. The van der Waals surface area contributed by atoms with Crippen LogP contribution in [0.4, 0.5) is 0 Å². The van der Waals surface area contributed by atoms with Gasteiger partial charge in [0.1, 0.15) is 10.9 Å². The van der Waals surface area contributed by atoms with Crippen molar-refractivity contribution in [2.75, 3.05) is 0 Å². The number of allylic oxidation sites excluding steroid dienone is 1. The van der Waals surface area contributed by atoms with Crippen LogP contribution in [0.2, 0.25) is 0 Å². The zero-order valence-corrected chi connectivity index (χ0v) is 17.9. The second-order valence-electron chi connectivity index (χ2n) is 7.04. The van der Waals surface area contributed by atoms with Crippen molar-refractivity contribution < 1.29 is 4.79 Å². The van der Waals surface area contributed by atoms with E-state index in [4.69, 9.17) is 5.41 Å². The van der Waals surface area contributed by atoms with Gasteiger partial charge in [-0.05, 0) is 56.5 Å². The largest absolute Gasteiger partial charge is 0.317 e. The van der Waals surface area contributed by atoms with Crippen LogP contribution in [-0.2, 0) is 4.79 Å². The Bertz CT molecular complexity index is 1100. The lowest BCUT2D eigenvalue weighted by Gasteiger charge is -2.15. The van der Waals surface area contributed by atoms with Gasteiger partial charge in [0.15, 0.2) is 5.78 Å². The molecule has 6 heteroatoms. The number of para-hydroxylation sites is 1. The minimum absolute atomic E-state index is 0.0261. The van der Waals surface area contributed by atoms with Gasteiger partial charge in [0.25, 0.3) is 0 Å². The molecule has 4 nitrogen and oxygen atoms in total. The van der Waals surface area contributed by atoms with Crippen molar-refractivity contribution in [3.05, 3.63) is 73.8 Å². The second-order valence-corrected chi connectivity index (χ2v) is 9.05. The van der Waals surface area contributed by atoms with E-state index < -0.39 is 5.92 Å². The first-order valence-corrected chi connectivity index (χ1v) is 10.7. The van der Waals surface area contributed by atoms with Crippen LogP contribution in [0.3, 0.4) is 0 Å². The zero-order valence-electron chi connectivity index (χ0n) is 16.2. The molecule has 2 aromatic heterocycles. The molecule has 28 heavy (non-hydrogen) atoms. The van der Waals surface area contributed by atoms with E-state index in [0.29, 0.717) is 15.0 Å². The van der Waals surface area contributed by atoms with Crippen LogP contribution in [-0.4, -0.2) is 20.4 Å². The number of carbonyl (C=O) groups excluding carboxylic acids is 1. The molecule has 3 aromatic rings. The topological polar surface area (TPSA) is 58.7 Å². The quantitative estimate of drug-likeness (QED) is 0.576. The van der Waals surface area contributed by atoms with E-state index in [9.17, 15) is 4.79 Å². The van der Waals surface area contributed by atoms with Crippen LogP contribution in [0.25, 0.3) is 11.8 Å². The Morgan fingerprint density at radius 2 is 1.89 bits per heavy atom. The number of benzene rings is 1. The van der Waals surface area contributed by atoms with Crippen LogP contribution in [0.5, 0.6) is 0 Å². The van der Waals surface area contributed by atoms with Crippen molar-refractivity contribution in [3.8, 4) is 5.69 Å². The third-order valence-electron chi connectivity index (χ3n) is 5.11. The highest BCUT2D eigenvalue weighted by Gasteiger charge is 2.38. The van der Waals surface area contributed by atoms with Gasteiger partial charge in [0.2, 0.25) is 0 Å². The number of nitrogens with zero attached hydrogens (tertiary/aromatic N) is 2. The zero-order chi connectivity index (χ0) is 20.0. The molecular formula is C22H21N3OS2. The minimum atomic E-state index is -0.543. The Labute approximate surface area is 172 Å². The van der Waals surface area contributed by atoms with Crippen molar-refractivity contribution in [3.63, 3.8) is 0 Å². The maximum atomic E-state index is 12.9. The fraction of sp³-hybridized carbons (Fsp3) is 0.227. The molecule has 1 saturated heterocycles. The molecule has 1 aromatic carbocycles. The molecule has 1 N–H and O–H groups in total. The molecule has 4 rings (SSSR count). The molecule has 1 atom stereocenters. The predicted octanol–water partition coefficient (Wildman–Crippen LogP) is 5.59. The van der Waals surface area contributed by atoms with E-state index in [2.05, 4.69) is 61.5 Å². The molecule has 1 fully saturated rings. The third kappa shape index (κ3) is 3.06. The first-order chi connectivity index (χ1) is 13.4. The summed E-state index contributed by atoms with van der Waals surface area (Å²) in [6, 6.07) is 8.43. The van der Waals surface area contributed by atoms with E-state index in [0.717, 1.165) is 17.0 Å². The summed E-state index contributed by atoms with van der Waals surface area (Å²) in [5, 5.41) is 11.2. The first-order valence-electron chi connectivity index (χ1n) is 9.05. The molecule has 1 aliphatic rings. The van der Waals surface area contributed by atoms with Gasteiger partial charge in [0.05, 0.1) is 15.6 Å². The molecule has 0 radical (unpaired) electrons. The average Bonchev–Trinajstić information content (AvgIpc) is 3.31. The number of thioether (sulfide) groups is 1. The number of Topliss-reactive ketones (excluding diaryl/α,β-unsaturated/α-hetero) is 1. The van der Waals surface area contributed by atoms with Crippen molar-refractivity contribution in [1.82, 2.24) is 9.55 Å². The highest BCUT2D eigenvalue weighted by atomic mass is 32.2. The van der Waals surface area contributed by atoms with Gasteiger partial charge in [-0.25, -0.2) is 4.98 Å². The summed E-state index contributed by atoms with van der Waals surface area (Å²) < 4.78 is 2.25. The molecule has 0 aliphatic carbocycles. The van der Waals surface area contributed by atoms with Crippen molar-refractivity contribution >= 4 is 40.0 Å². The van der Waals surface area contributed by atoms with Gasteiger partial charge < -0.3 is 4.57 Å². The number of aromatic nitrogens is 2. The molecule has 0 bridgehead atoms. The number of rotatable bonds is 3. The van der Waals surface area contributed by atoms with E-state index in [1.54, 1.807) is 6.20 Å². The smallest absolute Gasteiger partial charge is 0.186 e. The maximum absolute atomic E-state index is 12.9. The number of carbonyl (C=O) groups is 1. The fourth-order valence-electron chi connectivity index (χ4n) is 3.77. The van der Waals surface area contributed by atoms with Crippen LogP contribution in [0.15, 0.2) is 40.7 Å². The van der Waals surface area contributed by atoms with Gasteiger partial charge in [0, 0.05) is 23.0 Å². The fourth-order valence-corrected chi connectivity index (χ4v) is 5.56. The lowest BCUT2D eigenvalue weighted by atomic mass is 10.1. The number of nitrogens with one attached hydrogen (secondary N) is 1. The predicted molar refractivity (Wildman–Crippen MR) is 118 cm³/mol. The normalized spacial score (nSPS) is 18.4. The van der Waals surface area contributed by atoms with Gasteiger partial charge in [-0.2, -0.15) is 0 Å². The Balaban J connectivity index is 1.76. The Hall–Kier alpha value is -2.44. The van der Waals surface area contributed by atoms with Crippen LogP contribution >= 0.6 is 23.1 Å². The summed E-state index contributed by atoms with van der Waals surface area (Å²) in [6.45, 7) is 8.41. The van der Waals surface area contributed by atoms with Crippen molar-refractivity contribution in [2.24, 2.45) is 0 Å². The van der Waals surface area contributed by atoms with Gasteiger partial charge in [-0.15, -0.1) is 11.3 Å². The van der Waals surface area contributed by atoms with Crippen LogP contribution in [0.1, 0.15) is 39.0 Å². The summed E-state index contributed by atoms with van der Waals surface area (Å²) in [7, 11) is 0. The molecule has 0 spiro atoms. The Kier molecular flexibility index (Phi) is 4.85. The number of hydrogen-bond donors (Lipinski definition) is 1. The monoisotopic (exact) mass is 407 g/mol. The van der Waals surface area contributed by atoms with Crippen molar-refractivity contribution in [1.29, 1.82) is 5.41 Å². The molecule has 1 aliphatic heterocycles. The third-order valence-corrected chi connectivity index (χ3v) is 6.94. The van der Waals surface area contributed by atoms with Gasteiger partial charge in [-0.3, -0.25) is 10.2 Å². The average molecular weight is 408 g/mol. The lowest BCUT2D eigenvalue weighted by Crippen LogP contribution is -2.11. The van der Waals surface area contributed by atoms with Gasteiger partial charge in [-0.1, -0.05) is 30.0 Å². The summed E-state index contributed by atoms with van der Waals surface area (Å²) >= 11 is 2.68. The van der Waals surface area contributed by atoms with E-state index >= 15 is 0 Å². The van der Waals surface area contributed by atoms with Gasteiger partial charge >= 0.3 is 0 Å². The second kappa shape index (κ2) is 7.18. The van der Waals surface area contributed by atoms with Crippen molar-refractivity contribution in [2.45, 2.75) is 33.6 Å². The Morgan fingerprint density at radius 1 is 1.18 bits per heavy atom.